The maximum atomic E-state index is 12.6. The number of nitrogens with two attached hydrogens (primary N) is 1. The molecule has 2 N–H and O–H groups in total. The van der Waals surface area contributed by atoms with Gasteiger partial charge in [-0.05, 0) is 38.2 Å². The van der Waals surface area contributed by atoms with Gasteiger partial charge in [-0.2, -0.15) is 0 Å². The molecule has 3 nitrogen and oxygen atoms in total. The van der Waals surface area contributed by atoms with Crippen LogP contribution in [0, 0.1) is 12.8 Å². The summed E-state index contributed by atoms with van der Waals surface area (Å²) in [4.78, 5) is 14.6. The molecule has 2 atom stereocenters. The molecule has 1 aliphatic carbocycles. The number of amides is 1. The quantitative estimate of drug-likeness (QED) is 0.897. The average Bonchev–Trinajstić information content (AvgIpc) is 2.86. The Morgan fingerprint density at radius 1 is 1.30 bits per heavy atom. The number of carbonyl (C=O) groups excluding carboxylic acids is 1. The van der Waals surface area contributed by atoms with Crippen LogP contribution in [0.4, 0.5) is 0 Å². The minimum Gasteiger partial charge on any atom is -0.338 e. The number of aryl methyl sites for hydroxylation is 1. The van der Waals surface area contributed by atoms with Crippen LogP contribution in [0.5, 0.6) is 0 Å². The van der Waals surface area contributed by atoms with Crippen LogP contribution in [0.1, 0.15) is 43.7 Å². The summed E-state index contributed by atoms with van der Waals surface area (Å²) in [6, 6.07) is 8.66. The molecule has 1 amide bonds. The standard InChI is InChI=1S/C17H26N2O/c1-3-10-19(12-14-6-4-13(2)5-7-14)17(20)15-8-9-16(18)11-15/h4-7,15-16H,3,8-12,18H2,1-2H3. The monoisotopic (exact) mass is 274 g/mol. The van der Waals surface area contributed by atoms with Crippen LogP contribution in [-0.2, 0) is 11.3 Å². The zero-order valence-corrected chi connectivity index (χ0v) is 12.6. The fourth-order valence-corrected chi connectivity index (χ4v) is 2.95. The van der Waals surface area contributed by atoms with E-state index < -0.39 is 0 Å². The molecule has 110 valence electrons. The third kappa shape index (κ3) is 3.83. The topological polar surface area (TPSA) is 46.3 Å². The molecule has 2 rings (SSSR count). The first-order valence-corrected chi connectivity index (χ1v) is 7.70. The third-order valence-electron chi connectivity index (χ3n) is 4.12. The van der Waals surface area contributed by atoms with Crippen molar-refractivity contribution in [3.8, 4) is 0 Å². The first kappa shape index (κ1) is 15.0. The van der Waals surface area contributed by atoms with Crippen molar-refractivity contribution in [3.05, 3.63) is 35.4 Å². The summed E-state index contributed by atoms with van der Waals surface area (Å²) in [5.41, 5.74) is 8.40. The van der Waals surface area contributed by atoms with Crippen LogP contribution in [0.25, 0.3) is 0 Å². The number of hydrogen-bond donors (Lipinski definition) is 1. The van der Waals surface area contributed by atoms with E-state index in [4.69, 9.17) is 5.73 Å². The van der Waals surface area contributed by atoms with Gasteiger partial charge in [-0.3, -0.25) is 4.79 Å². The van der Waals surface area contributed by atoms with Crippen molar-refractivity contribution in [2.45, 2.75) is 52.1 Å². The maximum absolute atomic E-state index is 12.6. The van der Waals surface area contributed by atoms with E-state index in [-0.39, 0.29) is 12.0 Å². The molecule has 0 saturated heterocycles. The van der Waals surface area contributed by atoms with Gasteiger partial charge in [-0.15, -0.1) is 0 Å². The number of benzene rings is 1. The minimum atomic E-state index is 0.141. The summed E-state index contributed by atoms with van der Waals surface area (Å²) in [7, 11) is 0. The van der Waals surface area contributed by atoms with Crippen molar-refractivity contribution in [1.29, 1.82) is 0 Å². The molecular weight excluding hydrogens is 248 g/mol. The predicted octanol–water partition coefficient (Wildman–Crippen LogP) is 2.86. The molecule has 1 aromatic carbocycles. The Hall–Kier alpha value is -1.35. The van der Waals surface area contributed by atoms with E-state index in [1.54, 1.807) is 0 Å². The molecule has 1 saturated carbocycles. The summed E-state index contributed by atoms with van der Waals surface area (Å²) < 4.78 is 0. The Morgan fingerprint density at radius 2 is 2.00 bits per heavy atom. The number of nitrogens with zero attached hydrogens (tertiary/aromatic N) is 1. The largest absolute Gasteiger partial charge is 0.338 e. The Balaban J connectivity index is 2.02. The Labute approximate surface area is 122 Å². The average molecular weight is 274 g/mol. The highest BCUT2D eigenvalue weighted by molar-refractivity contribution is 5.79. The first-order valence-electron chi connectivity index (χ1n) is 7.70. The second-order valence-electron chi connectivity index (χ2n) is 6.02. The second-order valence-corrected chi connectivity index (χ2v) is 6.02. The van der Waals surface area contributed by atoms with E-state index in [0.29, 0.717) is 5.91 Å². The molecular formula is C17H26N2O. The molecule has 0 radical (unpaired) electrons. The summed E-state index contributed by atoms with van der Waals surface area (Å²) in [6.07, 6.45) is 3.79. The lowest BCUT2D eigenvalue weighted by atomic mass is 10.0. The fraction of sp³-hybridized carbons (Fsp3) is 0.588. The summed E-state index contributed by atoms with van der Waals surface area (Å²) in [5, 5.41) is 0. The highest BCUT2D eigenvalue weighted by atomic mass is 16.2. The molecule has 3 heteroatoms. The maximum Gasteiger partial charge on any atom is 0.226 e. The first-order chi connectivity index (χ1) is 9.60. The molecule has 0 bridgehead atoms. The van der Waals surface area contributed by atoms with Crippen molar-refractivity contribution in [3.63, 3.8) is 0 Å². The lowest BCUT2D eigenvalue weighted by molar-refractivity contribution is -0.136. The van der Waals surface area contributed by atoms with E-state index in [1.807, 2.05) is 4.90 Å². The summed E-state index contributed by atoms with van der Waals surface area (Å²) >= 11 is 0. The number of rotatable bonds is 5. The summed E-state index contributed by atoms with van der Waals surface area (Å²) in [5.74, 6) is 0.433. The normalized spacial score (nSPS) is 21.9. The highest BCUT2D eigenvalue weighted by Gasteiger charge is 2.30. The van der Waals surface area contributed by atoms with E-state index in [0.717, 1.165) is 38.8 Å². The van der Waals surface area contributed by atoms with E-state index in [2.05, 4.69) is 38.1 Å². The van der Waals surface area contributed by atoms with Crippen LogP contribution < -0.4 is 5.73 Å². The van der Waals surface area contributed by atoms with Gasteiger partial charge in [0.05, 0.1) is 0 Å². The lowest BCUT2D eigenvalue weighted by Gasteiger charge is -2.25. The third-order valence-corrected chi connectivity index (χ3v) is 4.12. The lowest BCUT2D eigenvalue weighted by Crippen LogP contribution is -2.36. The van der Waals surface area contributed by atoms with Gasteiger partial charge in [0, 0.05) is 25.0 Å². The van der Waals surface area contributed by atoms with Crippen LogP contribution in [0.15, 0.2) is 24.3 Å². The van der Waals surface area contributed by atoms with Crippen LogP contribution in [0.2, 0.25) is 0 Å². The molecule has 0 heterocycles. The van der Waals surface area contributed by atoms with Gasteiger partial charge in [0.15, 0.2) is 0 Å². The Kier molecular flexibility index (Phi) is 5.18. The van der Waals surface area contributed by atoms with E-state index in [1.165, 1.54) is 11.1 Å². The molecule has 0 aliphatic heterocycles. The second kappa shape index (κ2) is 6.89. The van der Waals surface area contributed by atoms with Crippen LogP contribution >= 0.6 is 0 Å². The number of carbonyl (C=O) groups is 1. The zero-order chi connectivity index (χ0) is 14.5. The SMILES string of the molecule is CCCN(Cc1ccc(C)cc1)C(=O)C1CCC(N)C1. The highest BCUT2D eigenvalue weighted by Crippen LogP contribution is 2.26. The molecule has 0 spiro atoms. The van der Waals surface area contributed by atoms with Gasteiger partial charge in [-0.25, -0.2) is 0 Å². The van der Waals surface area contributed by atoms with E-state index in [9.17, 15) is 4.79 Å². The Morgan fingerprint density at radius 3 is 2.55 bits per heavy atom. The van der Waals surface area contributed by atoms with Gasteiger partial charge in [0.2, 0.25) is 5.91 Å². The van der Waals surface area contributed by atoms with Gasteiger partial charge < -0.3 is 10.6 Å². The van der Waals surface area contributed by atoms with Gasteiger partial charge in [0.1, 0.15) is 0 Å². The van der Waals surface area contributed by atoms with E-state index >= 15 is 0 Å². The zero-order valence-electron chi connectivity index (χ0n) is 12.6. The van der Waals surface area contributed by atoms with Crippen molar-refractivity contribution in [2.24, 2.45) is 11.7 Å². The van der Waals surface area contributed by atoms with Crippen LogP contribution in [0.3, 0.4) is 0 Å². The van der Waals surface area contributed by atoms with Crippen molar-refractivity contribution in [2.75, 3.05) is 6.54 Å². The molecule has 0 aromatic heterocycles. The molecule has 1 aromatic rings. The van der Waals surface area contributed by atoms with Gasteiger partial charge >= 0.3 is 0 Å². The van der Waals surface area contributed by atoms with Crippen molar-refractivity contribution in [1.82, 2.24) is 4.90 Å². The van der Waals surface area contributed by atoms with Crippen LogP contribution in [-0.4, -0.2) is 23.4 Å². The fourth-order valence-electron chi connectivity index (χ4n) is 2.95. The molecule has 1 aliphatic rings. The molecule has 2 unspecified atom stereocenters. The smallest absolute Gasteiger partial charge is 0.226 e. The van der Waals surface area contributed by atoms with Crippen molar-refractivity contribution >= 4 is 5.91 Å². The molecule has 20 heavy (non-hydrogen) atoms. The molecule has 1 fully saturated rings. The Bertz CT molecular complexity index is 441. The summed E-state index contributed by atoms with van der Waals surface area (Å²) in [6.45, 7) is 5.76. The number of hydrogen-bond acceptors (Lipinski definition) is 2. The van der Waals surface area contributed by atoms with Gasteiger partial charge in [0.25, 0.3) is 0 Å². The minimum absolute atomic E-state index is 0.141. The van der Waals surface area contributed by atoms with Crippen molar-refractivity contribution < 1.29 is 4.79 Å². The predicted molar refractivity (Wildman–Crippen MR) is 82.2 cm³/mol. The van der Waals surface area contributed by atoms with Gasteiger partial charge in [-0.1, -0.05) is 36.8 Å².